The summed E-state index contributed by atoms with van der Waals surface area (Å²) in [5, 5.41) is 11.7. The fraction of sp³-hybridized carbons (Fsp3) is 0.571. The Morgan fingerprint density at radius 3 is 2.48 bits per heavy atom. The summed E-state index contributed by atoms with van der Waals surface area (Å²) in [5.41, 5.74) is 4.05. The lowest BCUT2D eigenvalue weighted by atomic mass is 9.96. The van der Waals surface area contributed by atoms with Gasteiger partial charge in [0, 0.05) is 28.6 Å². The first-order chi connectivity index (χ1) is 12.1. The number of fused-ring (bicyclic) bond motifs is 3. The lowest BCUT2D eigenvalue weighted by molar-refractivity contribution is 0.218. The number of hydrogen-bond donors (Lipinski definition) is 1. The van der Waals surface area contributed by atoms with Crippen LogP contribution >= 0.6 is 0 Å². The Morgan fingerprint density at radius 1 is 1.04 bits per heavy atom. The number of piperidine rings is 1. The van der Waals surface area contributed by atoms with Gasteiger partial charge in [0.15, 0.2) is 0 Å². The molecule has 0 saturated carbocycles. The van der Waals surface area contributed by atoms with Crippen LogP contribution in [0.3, 0.4) is 0 Å². The van der Waals surface area contributed by atoms with E-state index < -0.39 is 0 Å². The standard InChI is InChI=1S/C21H27NO3/c1-14-19(23)15(13-22-10-6-3-7-11-22)12-18-16-8-4-2-5-9-17(16)21(24)25-20(14)18/h12,23H,2-11,13H2,1H3. The molecule has 0 atom stereocenters. The van der Waals surface area contributed by atoms with Crippen LogP contribution in [-0.4, -0.2) is 23.1 Å². The molecule has 25 heavy (non-hydrogen) atoms. The van der Waals surface area contributed by atoms with E-state index in [4.69, 9.17) is 4.42 Å². The van der Waals surface area contributed by atoms with Crippen molar-refractivity contribution in [1.29, 1.82) is 0 Å². The Labute approximate surface area is 148 Å². The van der Waals surface area contributed by atoms with E-state index in [0.29, 0.717) is 11.1 Å². The highest BCUT2D eigenvalue weighted by Gasteiger charge is 2.22. The summed E-state index contributed by atoms with van der Waals surface area (Å²) in [6, 6.07) is 2.08. The molecule has 1 aromatic carbocycles. The van der Waals surface area contributed by atoms with E-state index in [1.165, 1.54) is 19.3 Å². The van der Waals surface area contributed by atoms with Gasteiger partial charge >= 0.3 is 5.63 Å². The van der Waals surface area contributed by atoms with Gasteiger partial charge in [0.1, 0.15) is 11.3 Å². The summed E-state index contributed by atoms with van der Waals surface area (Å²) < 4.78 is 5.64. The third kappa shape index (κ3) is 3.08. The number of likely N-dealkylation sites (tertiary alicyclic amines) is 1. The minimum absolute atomic E-state index is 0.212. The van der Waals surface area contributed by atoms with Crippen molar-refractivity contribution in [2.24, 2.45) is 0 Å². The van der Waals surface area contributed by atoms with Crippen molar-refractivity contribution in [2.75, 3.05) is 13.1 Å². The van der Waals surface area contributed by atoms with Crippen LogP contribution < -0.4 is 5.63 Å². The van der Waals surface area contributed by atoms with Gasteiger partial charge in [-0.05, 0) is 70.2 Å². The second kappa shape index (κ2) is 6.83. The minimum atomic E-state index is -0.212. The monoisotopic (exact) mass is 341 g/mol. The largest absolute Gasteiger partial charge is 0.507 e. The quantitative estimate of drug-likeness (QED) is 0.661. The first-order valence-corrected chi connectivity index (χ1v) is 9.67. The molecule has 1 aromatic heterocycles. The van der Waals surface area contributed by atoms with Crippen LogP contribution in [0, 0.1) is 6.92 Å². The number of aryl methyl sites for hydroxylation is 2. The maximum absolute atomic E-state index is 12.4. The van der Waals surface area contributed by atoms with Gasteiger partial charge in [-0.1, -0.05) is 12.8 Å². The van der Waals surface area contributed by atoms with E-state index in [1.807, 2.05) is 6.92 Å². The summed E-state index contributed by atoms with van der Waals surface area (Å²) in [5.74, 6) is 0.287. The Hall–Kier alpha value is -1.81. The van der Waals surface area contributed by atoms with Crippen LogP contribution in [0.15, 0.2) is 15.3 Å². The molecule has 1 aliphatic heterocycles. The molecule has 2 aromatic rings. The molecule has 4 nitrogen and oxygen atoms in total. The minimum Gasteiger partial charge on any atom is -0.507 e. The SMILES string of the molecule is Cc1c(O)c(CN2CCCCC2)cc2c3c(c(=O)oc12)CCCCC3. The number of hydrogen-bond acceptors (Lipinski definition) is 4. The van der Waals surface area contributed by atoms with Crippen molar-refractivity contribution in [3.05, 3.63) is 38.7 Å². The van der Waals surface area contributed by atoms with Crippen LogP contribution in [0.25, 0.3) is 11.0 Å². The van der Waals surface area contributed by atoms with Gasteiger partial charge in [0.05, 0.1) is 0 Å². The number of nitrogens with zero attached hydrogens (tertiary/aromatic N) is 1. The predicted molar refractivity (Wildman–Crippen MR) is 99.3 cm³/mol. The molecule has 2 heterocycles. The molecule has 0 bridgehead atoms. The number of rotatable bonds is 2. The zero-order valence-electron chi connectivity index (χ0n) is 15.1. The zero-order chi connectivity index (χ0) is 17.4. The average Bonchev–Trinajstić information content (AvgIpc) is 2.88. The van der Waals surface area contributed by atoms with Crippen LogP contribution in [-0.2, 0) is 19.4 Å². The van der Waals surface area contributed by atoms with E-state index in [0.717, 1.165) is 73.8 Å². The van der Waals surface area contributed by atoms with Crippen molar-refractivity contribution < 1.29 is 9.52 Å². The van der Waals surface area contributed by atoms with Gasteiger partial charge < -0.3 is 9.52 Å². The molecule has 0 unspecified atom stereocenters. The second-order valence-corrected chi connectivity index (χ2v) is 7.63. The van der Waals surface area contributed by atoms with Crippen molar-refractivity contribution in [3.63, 3.8) is 0 Å². The number of benzene rings is 1. The maximum Gasteiger partial charge on any atom is 0.339 e. The molecule has 4 rings (SSSR count). The molecule has 0 spiro atoms. The molecule has 1 fully saturated rings. The summed E-state index contributed by atoms with van der Waals surface area (Å²) in [6.45, 7) is 4.83. The molecular weight excluding hydrogens is 314 g/mol. The molecule has 2 aliphatic rings. The fourth-order valence-electron chi connectivity index (χ4n) is 4.45. The zero-order valence-corrected chi connectivity index (χ0v) is 15.1. The van der Waals surface area contributed by atoms with Crippen molar-refractivity contribution in [1.82, 2.24) is 4.90 Å². The molecule has 1 N–H and O–H groups in total. The van der Waals surface area contributed by atoms with E-state index in [1.54, 1.807) is 0 Å². The van der Waals surface area contributed by atoms with Crippen molar-refractivity contribution in [3.8, 4) is 5.75 Å². The number of phenolic OH excluding ortho intramolecular Hbond substituents is 1. The number of aromatic hydroxyl groups is 1. The van der Waals surface area contributed by atoms with E-state index in [-0.39, 0.29) is 11.4 Å². The van der Waals surface area contributed by atoms with Gasteiger partial charge in [0.2, 0.25) is 0 Å². The van der Waals surface area contributed by atoms with E-state index >= 15 is 0 Å². The second-order valence-electron chi connectivity index (χ2n) is 7.63. The molecule has 4 heteroatoms. The summed E-state index contributed by atoms with van der Waals surface area (Å²) in [4.78, 5) is 14.9. The Kier molecular flexibility index (Phi) is 4.55. The molecule has 1 aliphatic carbocycles. The first-order valence-electron chi connectivity index (χ1n) is 9.67. The molecule has 0 radical (unpaired) electrons. The van der Waals surface area contributed by atoms with Gasteiger partial charge in [-0.2, -0.15) is 0 Å². The van der Waals surface area contributed by atoms with Crippen LogP contribution in [0.4, 0.5) is 0 Å². The third-order valence-corrected chi connectivity index (χ3v) is 5.89. The van der Waals surface area contributed by atoms with E-state index in [2.05, 4.69) is 11.0 Å². The smallest absolute Gasteiger partial charge is 0.339 e. The highest BCUT2D eigenvalue weighted by atomic mass is 16.4. The first kappa shape index (κ1) is 16.6. The average molecular weight is 341 g/mol. The lowest BCUT2D eigenvalue weighted by Gasteiger charge is -2.27. The van der Waals surface area contributed by atoms with Gasteiger partial charge in [-0.3, -0.25) is 4.90 Å². The van der Waals surface area contributed by atoms with Crippen LogP contribution in [0.5, 0.6) is 5.75 Å². The summed E-state index contributed by atoms with van der Waals surface area (Å²) in [7, 11) is 0. The predicted octanol–water partition coefficient (Wildman–Crippen LogP) is 4.06. The Bertz CT molecular complexity index is 847. The highest BCUT2D eigenvalue weighted by Crippen LogP contribution is 2.35. The summed E-state index contributed by atoms with van der Waals surface area (Å²) >= 11 is 0. The van der Waals surface area contributed by atoms with Crippen LogP contribution in [0.1, 0.15) is 60.8 Å². The topological polar surface area (TPSA) is 53.7 Å². The third-order valence-electron chi connectivity index (χ3n) is 5.89. The molecular formula is C21H27NO3. The van der Waals surface area contributed by atoms with E-state index in [9.17, 15) is 9.90 Å². The molecule has 134 valence electrons. The molecule has 1 saturated heterocycles. The normalized spacial score (nSPS) is 18.9. The Balaban J connectivity index is 1.85. The fourth-order valence-corrected chi connectivity index (χ4v) is 4.45. The van der Waals surface area contributed by atoms with Gasteiger partial charge in [-0.15, -0.1) is 0 Å². The molecule has 0 amide bonds. The van der Waals surface area contributed by atoms with Crippen LogP contribution in [0.2, 0.25) is 0 Å². The Morgan fingerprint density at radius 2 is 1.72 bits per heavy atom. The summed E-state index contributed by atoms with van der Waals surface area (Å²) in [6.07, 6.45) is 8.86. The lowest BCUT2D eigenvalue weighted by Crippen LogP contribution is -2.29. The van der Waals surface area contributed by atoms with Gasteiger partial charge in [0.25, 0.3) is 0 Å². The van der Waals surface area contributed by atoms with Crippen molar-refractivity contribution in [2.45, 2.75) is 64.8 Å². The number of phenols is 1. The van der Waals surface area contributed by atoms with Crippen molar-refractivity contribution >= 4 is 11.0 Å². The van der Waals surface area contributed by atoms with Gasteiger partial charge in [-0.25, -0.2) is 4.79 Å². The maximum atomic E-state index is 12.4. The highest BCUT2D eigenvalue weighted by molar-refractivity contribution is 5.87.